The van der Waals surface area contributed by atoms with E-state index in [9.17, 15) is 28.8 Å². The number of carbonyl (C=O) groups is 6. The van der Waals surface area contributed by atoms with Crippen LogP contribution in [-0.4, -0.2) is 82.7 Å². The predicted molar refractivity (Wildman–Crippen MR) is 136 cm³/mol. The van der Waals surface area contributed by atoms with Crippen LogP contribution in [-0.2, 0) is 36.9 Å². The third kappa shape index (κ3) is 12.8. The molecule has 0 bridgehead atoms. The highest BCUT2D eigenvalue weighted by molar-refractivity contribution is 5.92. The molecule has 1 aromatic rings. The molecule has 0 aliphatic rings. The fraction of sp³-hybridized carbons (Fsp3) is 0.652. The number of Topliss-reactive ketones (excluding diaryl/α,β-unsaturated/α-hetero) is 1. The molecule has 0 radical (unpaired) electrons. The molecule has 0 saturated heterocycles. The topological polar surface area (TPSA) is 219 Å². The predicted octanol–water partition coefficient (Wildman–Crippen LogP) is -1.87. The van der Waals surface area contributed by atoms with E-state index >= 15 is 0 Å². The average Bonchev–Trinajstić information content (AvgIpc) is 3.28. The van der Waals surface area contributed by atoms with Gasteiger partial charge in [-0.1, -0.05) is 19.1 Å². The van der Waals surface area contributed by atoms with Gasteiger partial charge >= 0.3 is 6.03 Å². The summed E-state index contributed by atoms with van der Waals surface area (Å²) in [5.74, 6) is -1.94. The summed E-state index contributed by atoms with van der Waals surface area (Å²) >= 11 is 0. The minimum absolute atomic E-state index is 0.00963. The molecule has 0 aliphatic heterocycles. The Labute approximate surface area is 221 Å². The zero-order valence-corrected chi connectivity index (χ0v) is 22.3. The number of rotatable bonds is 17. The highest BCUT2D eigenvalue weighted by atomic mass is 16.2. The minimum Gasteiger partial charge on any atom is -0.357 e. The Hall–Kier alpha value is -4.04. The lowest BCUT2D eigenvalue weighted by Gasteiger charge is -2.25. The van der Waals surface area contributed by atoms with Gasteiger partial charge in [0.05, 0.1) is 5.69 Å². The second-order valence-electron chi connectivity index (χ2n) is 9.11. The summed E-state index contributed by atoms with van der Waals surface area (Å²) in [5, 5.41) is 20.7. The molecule has 7 N–H and O–H groups in total. The zero-order chi connectivity index (χ0) is 28.7. The molecule has 1 heterocycles. The Balaban J connectivity index is 2.63. The number of nitrogens with zero attached hydrogens (tertiary/aromatic N) is 3. The molecule has 1 aromatic heterocycles. The third-order valence-corrected chi connectivity index (χ3v) is 5.41. The lowest BCUT2D eigenvalue weighted by molar-refractivity contribution is -0.133. The van der Waals surface area contributed by atoms with Crippen LogP contribution >= 0.6 is 0 Å². The van der Waals surface area contributed by atoms with Crippen molar-refractivity contribution in [1.82, 2.24) is 41.6 Å². The number of nitrogens with two attached hydrogens (primary N) is 1. The van der Waals surface area contributed by atoms with Gasteiger partial charge in [0.2, 0.25) is 23.6 Å². The van der Waals surface area contributed by atoms with Crippen molar-refractivity contribution in [1.29, 1.82) is 0 Å². The summed E-state index contributed by atoms with van der Waals surface area (Å²) in [6, 6.07) is -2.46. The molecule has 38 heavy (non-hydrogen) atoms. The molecular formula is C23H39N9O6. The third-order valence-electron chi connectivity index (χ3n) is 5.41. The minimum atomic E-state index is -0.917. The molecule has 212 valence electrons. The van der Waals surface area contributed by atoms with Crippen LogP contribution < -0.4 is 32.3 Å². The van der Waals surface area contributed by atoms with Gasteiger partial charge in [-0.25, -0.2) is 9.48 Å². The molecule has 0 aliphatic carbocycles. The zero-order valence-electron chi connectivity index (χ0n) is 22.3. The van der Waals surface area contributed by atoms with Gasteiger partial charge in [0.15, 0.2) is 0 Å². The number of likely N-dealkylation sites (N-methyl/N-ethyl adjacent to an activating group) is 1. The van der Waals surface area contributed by atoms with Crippen LogP contribution in [0.1, 0.15) is 52.1 Å². The van der Waals surface area contributed by atoms with Gasteiger partial charge in [0.25, 0.3) is 0 Å². The summed E-state index contributed by atoms with van der Waals surface area (Å²) in [5.41, 5.74) is 5.54. The number of hydrogen-bond donors (Lipinski definition) is 6. The molecule has 0 saturated carbocycles. The highest BCUT2D eigenvalue weighted by Gasteiger charge is 2.28. The molecule has 2 atom stereocenters. The second kappa shape index (κ2) is 16.7. The van der Waals surface area contributed by atoms with E-state index in [1.165, 1.54) is 24.9 Å². The molecule has 0 fully saturated rings. The monoisotopic (exact) mass is 537 g/mol. The lowest BCUT2D eigenvalue weighted by Crippen LogP contribution is -2.55. The molecule has 0 aromatic carbocycles. The van der Waals surface area contributed by atoms with Crippen LogP contribution in [0.5, 0.6) is 0 Å². The van der Waals surface area contributed by atoms with Crippen LogP contribution in [0.25, 0.3) is 0 Å². The first-order valence-corrected chi connectivity index (χ1v) is 12.4. The highest BCUT2D eigenvalue weighted by Crippen LogP contribution is 2.06. The van der Waals surface area contributed by atoms with E-state index in [4.69, 9.17) is 5.73 Å². The number of amides is 6. The average molecular weight is 538 g/mol. The van der Waals surface area contributed by atoms with Crippen LogP contribution in [0.2, 0.25) is 0 Å². The molecule has 0 spiro atoms. The number of urea groups is 1. The maximum absolute atomic E-state index is 12.9. The first-order chi connectivity index (χ1) is 17.9. The number of carbonyl (C=O) groups excluding carboxylic acids is 6. The van der Waals surface area contributed by atoms with Gasteiger partial charge in [-0.05, 0) is 25.7 Å². The van der Waals surface area contributed by atoms with E-state index in [0.717, 1.165) is 0 Å². The molecule has 6 amide bonds. The number of primary amides is 1. The first-order valence-electron chi connectivity index (χ1n) is 12.4. The Morgan fingerprint density at radius 1 is 0.974 bits per heavy atom. The quantitative estimate of drug-likeness (QED) is 0.123. The van der Waals surface area contributed by atoms with Gasteiger partial charge in [0, 0.05) is 45.6 Å². The largest absolute Gasteiger partial charge is 0.357 e. The maximum atomic E-state index is 12.9. The molecule has 15 nitrogen and oxygen atoms in total. The number of aromatic nitrogens is 3. The Kier molecular flexibility index (Phi) is 14.0. The van der Waals surface area contributed by atoms with Gasteiger partial charge in [0.1, 0.15) is 24.4 Å². The molecule has 15 heteroatoms. The van der Waals surface area contributed by atoms with E-state index in [1.807, 2.05) is 0 Å². The van der Waals surface area contributed by atoms with E-state index in [2.05, 4.69) is 36.9 Å². The van der Waals surface area contributed by atoms with Gasteiger partial charge < -0.3 is 32.3 Å². The van der Waals surface area contributed by atoms with Gasteiger partial charge in [-0.3, -0.25) is 24.0 Å². The van der Waals surface area contributed by atoms with Crippen molar-refractivity contribution in [3.8, 4) is 0 Å². The van der Waals surface area contributed by atoms with E-state index in [-0.39, 0.29) is 56.5 Å². The smallest absolute Gasteiger partial charge is 0.312 e. The molecular weight excluding hydrogens is 498 g/mol. The van der Waals surface area contributed by atoms with Crippen molar-refractivity contribution in [2.45, 2.75) is 71.5 Å². The van der Waals surface area contributed by atoms with Crippen molar-refractivity contribution in [2.24, 2.45) is 11.7 Å². The fourth-order valence-electron chi connectivity index (χ4n) is 3.36. The van der Waals surface area contributed by atoms with Crippen LogP contribution in [0.4, 0.5) is 4.79 Å². The van der Waals surface area contributed by atoms with Crippen LogP contribution in [0.3, 0.4) is 0 Å². The normalized spacial score (nSPS) is 12.2. The number of aryl methyl sites for hydroxylation is 1. The van der Waals surface area contributed by atoms with Crippen molar-refractivity contribution in [2.75, 3.05) is 20.1 Å². The standard InChI is InChI=1S/C23H39N9O6/c1-14(2)20(22(37)28-17(21(36)25-4)6-5-10-27-23(24)38)29-19(35)13-32-12-16(30-31-32)7-8-18(34)26-11-9-15(3)33/h12,14,17,20H,5-11,13H2,1-4H3,(H,25,36)(H,26,34)(H,28,37)(H,29,35)(H3,24,27,38)/t17-,20-/m0/s1. The summed E-state index contributed by atoms with van der Waals surface area (Å²) < 4.78 is 1.30. The van der Waals surface area contributed by atoms with Crippen molar-refractivity contribution >= 4 is 35.4 Å². The van der Waals surface area contributed by atoms with Crippen molar-refractivity contribution in [3.05, 3.63) is 11.9 Å². The van der Waals surface area contributed by atoms with Gasteiger partial charge in [-0.2, -0.15) is 0 Å². The summed E-state index contributed by atoms with van der Waals surface area (Å²) in [7, 11) is 1.44. The lowest BCUT2D eigenvalue weighted by atomic mass is 10.0. The van der Waals surface area contributed by atoms with Crippen molar-refractivity contribution < 1.29 is 28.8 Å². The van der Waals surface area contributed by atoms with E-state index < -0.39 is 35.8 Å². The molecule has 0 unspecified atom stereocenters. The Morgan fingerprint density at radius 3 is 2.29 bits per heavy atom. The molecule has 1 rings (SSSR count). The summed E-state index contributed by atoms with van der Waals surface area (Å²) in [6.45, 7) is 5.28. The Bertz CT molecular complexity index is 978. The number of ketones is 1. The SMILES string of the molecule is CNC(=O)[C@H](CCCNC(N)=O)NC(=O)[C@@H](NC(=O)Cn1cc(CCC(=O)NCCC(C)=O)nn1)C(C)C. The summed E-state index contributed by atoms with van der Waals surface area (Å²) in [6.07, 6.45) is 2.92. The summed E-state index contributed by atoms with van der Waals surface area (Å²) in [4.78, 5) is 71.4. The second-order valence-corrected chi connectivity index (χ2v) is 9.11. The van der Waals surface area contributed by atoms with Crippen LogP contribution in [0.15, 0.2) is 6.20 Å². The number of hydrogen-bond acceptors (Lipinski definition) is 8. The van der Waals surface area contributed by atoms with Crippen molar-refractivity contribution in [3.63, 3.8) is 0 Å². The van der Waals surface area contributed by atoms with Crippen LogP contribution in [0, 0.1) is 5.92 Å². The maximum Gasteiger partial charge on any atom is 0.312 e. The van der Waals surface area contributed by atoms with E-state index in [0.29, 0.717) is 18.5 Å². The van der Waals surface area contributed by atoms with Gasteiger partial charge in [-0.15, -0.1) is 5.10 Å². The Morgan fingerprint density at radius 2 is 1.68 bits per heavy atom. The number of nitrogens with one attached hydrogen (secondary N) is 5. The fourth-order valence-corrected chi connectivity index (χ4v) is 3.36. The van der Waals surface area contributed by atoms with E-state index in [1.54, 1.807) is 13.8 Å². The first kappa shape index (κ1) is 32.0.